The van der Waals surface area contributed by atoms with Crippen LogP contribution in [0.1, 0.15) is 11.6 Å². The van der Waals surface area contributed by atoms with Gasteiger partial charge in [0.25, 0.3) is 0 Å². The van der Waals surface area contributed by atoms with Crippen LogP contribution in [0.4, 0.5) is 5.69 Å². The number of nitrogens with zero attached hydrogens (tertiary/aromatic N) is 2. The minimum absolute atomic E-state index is 0.0346. The Hall–Kier alpha value is -2.81. The van der Waals surface area contributed by atoms with E-state index in [1.54, 1.807) is 17.1 Å². The first-order valence-corrected chi connectivity index (χ1v) is 8.02. The number of para-hydroxylation sites is 1. The molecule has 0 saturated carbocycles. The van der Waals surface area contributed by atoms with Crippen molar-refractivity contribution in [1.82, 2.24) is 4.90 Å². The fourth-order valence-corrected chi connectivity index (χ4v) is 2.72. The van der Waals surface area contributed by atoms with Crippen molar-refractivity contribution in [2.75, 3.05) is 25.0 Å². The van der Waals surface area contributed by atoms with Crippen LogP contribution in [0.5, 0.6) is 0 Å². The van der Waals surface area contributed by atoms with E-state index in [-0.39, 0.29) is 5.91 Å². The Bertz CT molecular complexity index is 657. The first-order valence-electron chi connectivity index (χ1n) is 8.02. The van der Waals surface area contributed by atoms with E-state index < -0.39 is 6.04 Å². The zero-order valence-corrected chi connectivity index (χ0v) is 14.1. The molecule has 24 heavy (non-hydrogen) atoms. The number of likely N-dealkylation sites (N-methyl/N-ethyl adjacent to an activating group) is 1. The minimum atomic E-state index is -0.395. The first-order chi connectivity index (χ1) is 11.7. The predicted octanol–water partition coefficient (Wildman–Crippen LogP) is 4.06. The van der Waals surface area contributed by atoms with Gasteiger partial charge in [0.1, 0.15) is 6.04 Å². The van der Waals surface area contributed by atoms with Gasteiger partial charge in [0.05, 0.1) is 0 Å². The summed E-state index contributed by atoms with van der Waals surface area (Å²) in [5, 5.41) is 0. The molecule has 0 aliphatic carbocycles. The molecule has 0 N–H and O–H groups in total. The van der Waals surface area contributed by atoms with Crippen molar-refractivity contribution in [3.63, 3.8) is 0 Å². The lowest BCUT2D eigenvalue weighted by molar-refractivity contribution is -0.131. The molecule has 0 radical (unpaired) electrons. The number of amides is 1. The van der Waals surface area contributed by atoms with Crippen LogP contribution in [0, 0.1) is 0 Å². The van der Waals surface area contributed by atoms with E-state index in [0.717, 1.165) is 11.3 Å². The van der Waals surface area contributed by atoms with E-state index in [9.17, 15) is 4.79 Å². The van der Waals surface area contributed by atoms with Gasteiger partial charge in [-0.2, -0.15) is 0 Å². The van der Waals surface area contributed by atoms with Gasteiger partial charge in [-0.3, -0.25) is 4.79 Å². The summed E-state index contributed by atoms with van der Waals surface area (Å²) >= 11 is 0. The van der Waals surface area contributed by atoms with Crippen molar-refractivity contribution in [3.8, 4) is 0 Å². The Balaban J connectivity index is 2.41. The maximum atomic E-state index is 13.2. The van der Waals surface area contributed by atoms with Crippen LogP contribution in [0.3, 0.4) is 0 Å². The second-order valence-corrected chi connectivity index (χ2v) is 5.58. The van der Waals surface area contributed by atoms with E-state index in [0.29, 0.717) is 13.1 Å². The molecule has 124 valence electrons. The molecule has 0 aromatic heterocycles. The van der Waals surface area contributed by atoms with Crippen molar-refractivity contribution < 1.29 is 4.79 Å². The van der Waals surface area contributed by atoms with Crippen LogP contribution < -0.4 is 4.90 Å². The fraction of sp³-hybridized carbons (Fsp3) is 0.190. The second-order valence-electron chi connectivity index (χ2n) is 5.58. The van der Waals surface area contributed by atoms with Gasteiger partial charge in [-0.05, 0) is 17.7 Å². The van der Waals surface area contributed by atoms with E-state index in [2.05, 4.69) is 13.2 Å². The zero-order chi connectivity index (χ0) is 17.4. The molecule has 1 unspecified atom stereocenters. The van der Waals surface area contributed by atoms with E-state index >= 15 is 0 Å². The maximum absolute atomic E-state index is 13.2. The average molecular weight is 320 g/mol. The van der Waals surface area contributed by atoms with Gasteiger partial charge in [-0.25, -0.2) is 0 Å². The molecule has 2 rings (SSSR count). The van der Waals surface area contributed by atoms with Crippen LogP contribution in [0.2, 0.25) is 0 Å². The van der Waals surface area contributed by atoms with Crippen molar-refractivity contribution in [2.24, 2.45) is 0 Å². The largest absolute Gasteiger partial charge is 0.359 e. The lowest BCUT2D eigenvalue weighted by Gasteiger charge is -2.33. The van der Waals surface area contributed by atoms with Gasteiger partial charge in [-0.15, -0.1) is 13.2 Å². The molecule has 3 nitrogen and oxygen atoms in total. The van der Waals surface area contributed by atoms with Crippen LogP contribution in [-0.2, 0) is 4.79 Å². The molecule has 0 aliphatic heterocycles. The molecular formula is C21H24N2O. The van der Waals surface area contributed by atoms with E-state index in [1.807, 2.05) is 72.6 Å². The molecule has 0 spiro atoms. The summed E-state index contributed by atoms with van der Waals surface area (Å²) in [5.74, 6) is 0.0346. The molecule has 0 saturated heterocycles. The summed E-state index contributed by atoms with van der Waals surface area (Å²) in [6.45, 7) is 8.51. The fourth-order valence-electron chi connectivity index (χ4n) is 2.72. The number of carbonyl (C=O) groups is 1. The van der Waals surface area contributed by atoms with Crippen LogP contribution in [-0.4, -0.2) is 30.9 Å². The van der Waals surface area contributed by atoms with Gasteiger partial charge in [0.2, 0.25) is 5.91 Å². The van der Waals surface area contributed by atoms with Crippen LogP contribution in [0.25, 0.3) is 0 Å². The summed E-state index contributed by atoms with van der Waals surface area (Å²) < 4.78 is 0. The molecule has 0 bridgehead atoms. The maximum Gasteiger partial charge on any atom is 0.250 e. The van der Waals surface area contributed by atoms with Crippen molar-refractivity contribution in [3.05, 3.63) is 91.5 Å². The molecule has 0 fully saturated rings. The molecular weight excluding hydrogens is 296 g/mol. The smallest absolute Gasteiger partial charge is 0.250 e. The summed E-state index contributed by atoms with van der Waals surface area (Å²) in [4.78, 5) is 17.0. The summed E-state index contributed by atoms with van der Waals surface area (Å²) in [6, 6.07) is 19.4. The number of carbonyl (C=O) groups excluding carboxylic acids is 1. The van der Waals surface area contributed by atoms with E-state index in [1.165, 1.54) is 0 Å². The van der Waals surface area contributed by atoms with Gasteiger partial charge >= 0.3 is 0 Å². The molecule has 0 heterocycles. The van der Waals surface area contributed by atoms with Crippen molar-refractivity contribution in [2.45, 2.75) is 6.04 Å². The summed E-state index contributed by atoms with van der Waals surface area (Å²) in [6.07, 6.45) is 3.48. The van der Waals surface area contributed by atoms with Crippen molar-refractivity contribution >= 4 is 11.6 Å². The normalized spacial score (nSPS) is 11.4. The second kappa shape index (κ2) is 8.73. The monoisotopic (exact) mass is 320 g/mol. The molecule has 2 aromatic rings. The quantitative estimate of drug-likeness (QED) is 0.685. The Morgan fingerprint density at radius 1 is 0.958 bits per heavy atom. The van der Waals surface area contributed by atoms with Gasteiger partial charge in [0, 0.05) is 25.8 Å². The minimum Gasteiger partial charge on any atom is -0.359 e. The third kappa shape index (κ3) is 4.13. The standard InChI is InChI=1S/C21H24N2O/c1-4-16-23(17-5-2)21(24)20(18-12-8-6-9-13-18)22(3)19-14-10-7-11-15-19/h4-15,20H,1-2,16-17H2,3H3. The number of hydrogen-bond donors (Lipinski definition) is 0. The Labute approximate surface area is 144 Å². The number of rotatable bonds is 8. The van der Waals surface area contributed by atoms with Crippen LogP contribution in [0.15, 0.2) is 86.0 Å². The third-order valence-electron chi connectivity index (χ3n) is 3.91. The highest BCUT2D eigenvalue weighted by atomic mass is 16.2. The molecule has 2 aromatic carbocycles. The van der Waals surface area contributed by atoms with Gasteiger partial charge in [0.15, 0.2) is 0 Å². The average Bonchev–Trinajstić information content (AvgIpc) is 2.63. The SMILES string of the molecule is C=CCN(CC=C)C(=O)C(c1ccccc1)N(C)c1ccccc1. The summed E-state index contributed by atoms with van der Waals surface area (Å²) in [5.41, 5.74) is 1.96. The molecule has 3 heteroatoms. The number of hydrogen-bond acceptors (Lipinski definition) is 2. The molecule has 1 atom stereocenters. The lowest BCUT2D eigenvalue weighted by Crippen LogP contribution is -2.42. The van der Waals surface area contributed by atoms with Crippen LogP contribution >= 0.6 is 0 Å². The highest BCUT2D eigenvalue weighted by Gasteiger charge is 2.28. The lowest BCUT2D eigenvalue weighted by atomic mass is 10.0. The summed E-state index contributed by atoms with van der Waals surface area (Å²) in [7, 11) is 1.95. The molecule has 0 aliphatic rings. The molecule has 1 amide bonds. The zero-order valence-electron chi connectivity index (χ0n) is 14.1. The van der Waals surface area contributed by atoms with E-state index in [4.69, 9.17) is 0 Å². The highest BCUT2D eigenvalue weighted by Crippen LogP contribution is 2.27. The highest BCUT2D eigenvalue weighted by molar-refractivity contribution is 5.87. The van der Waals surface area contributed by atoms with Gasteiger partial charge in [-0.1, -0.05) is 60.7 Å². The number of benzene rings is 2. The predicted molar refractivity (Wildman–Crippen MR) is 101 cm³/mol. The van der Waals surface area contributed by atoms with Gasteiger partial charge < -0.3 is 9.80 Å². The Morgan fingerprint density at radius 2 is 1.46 bits per heavy atom. The Morgan fingerprint density at radius 3 is 1.96 bits per heavy atom. The first kappa shape index (κ1) is 17.5. The topological polar surface area (TPSA) is 23.6 Å². The van der Waals surface area contributed by atoms with Crippen molar-refractivity contribution in [1.29, 1.82) is 0 Å². The Kier molecular flexibility index (Phi) is 6.38. The third-order valence-corrected chi connectivity index (χ3v) is 3.91. The number of anilines is 1.